The summed E-state index contributed by atoms with van der Waals surface area (Å²) in [5.41, 5.74) is 6.32. The van der Waals surface area contributed by atoms with Gasteiger partial charge in [0.2, 0.25) is 5.89 Å². The van der Waals surface area contributed by atoms with Crippen LogP contribution >= 0.6 is 0 Å². The number of H-pyrrole nitrogens is 1. The maximum atomic E-state index is 12.6. The Kier molecular flexibility index (Phi) is 7.08. The fourth-order valence-electron chi connectivity index (χ4n) is 3.18. The fourth-order valence-corrected chi connectivity index (χ4v) is 3.18. The number of hydrogen-bond donors (Lipinski definition) is 2. The maximum Gasteiger partial charge on any atom is 0.330 e. The normalized spacial score (nSPS) is 11.0. The van der Waals surface area contributed by atoms with E-state index in [1.807, 2.05) is 37.3 Å². The largest absolute Gasteiger partial charge is 0.439 e. The third-order valence-electron chi connectivity index (χ3n) is 4.77. The van der Waals surface area contributed by atoms with Crippen molar-refractivity contribution in [1.82, 2.24) is 14.5 Å². The SMILES string of the molecule is CCCCn1c(N)c(N(CCOC)Cc2ncc(-c3ccccc3)o2)c(=O)[nH]c1=O. The highest BCUT2D eigenvalue weighted by atomic mass is 16.5. The van der Waals surface area contributed by atoms with Crippen molar-refractivity contribution in [2.75, 3.05) is 30.9 Å². The smallest absolute Gasteiger partial charge is 0.330 e. The molecule has 0 radical (unpaired) electrons. The lowest BCUT2D eigenvalue weighted by Gasteiger charge is -2.24. The van der Waals surface area contributed by atoms with Gasteiger partial charge in [0.05, 0.1) is 19.3 Å². The Morgan fingerprint density at radius 1 is 1.27 bits per heavy atom. The molecule has 0 saturated carbocycles. The number of anilines is 2. The molecule has 3 N–H and O–H groups in total. The summed E-state index contributed by atoms with van der Waals surface area (Å²) in [6, 6.07) is 9.62. The van der Waals surface area contributed by atoms with Gasteiger partial charge in [0.1, 0.15) is 11.5 Å². The van der Waals surface area contributed by atoms with Gasteiger partial charge in [0.25, 0.3) is 5.56 Å². The summed E-state index contributed by atoms with van der Waals surface area (Å²) in [5.74, 6) is 1.19. The topological polar surface area (TPSA) is 119 Å². The predicted molar refractivity (Wildman–Crippen MR) is 116 cm³/mol. The molecule has 0 aliphatic rings. The molecule has 0 unspecified atom stereocenters. The number of ether oxygens (including phenoxy) is 1. The number of nitrogens with two attached hydrogens (primary N) is 1. The van der Waals surface area contributed by atoms with Crippen molar-refractivity contribution in [3.63, 3.8) is 0 Å². The summed E-state index contributed by atoms with van der Waals surface area (Å²) in [6.45, 7) is 3.39. The second-order valence-corrected chi connectivity index (χ2v) is 6.90. The molecule has 0 bridgehead atoms. The summed E-state index contributed by atoms with van der Waals surface area (Å²) in [4.78, 5) is 33.3. The summed E-state index contributed by atoms with van der Waals surface area (Å²) >= 11 is 0. The standard InChI is InChI=1S/C21H27N5O4/c1-3-4-10-26-19(22)18(20(27)24-21(26)28)25(11-12-29-2)14-17-23-13-16(30-17)15-8-6-5-7-9-15/h5-9,13H,3-4,10-12,14,22H2,1-2H3,(H,24,27,28). The van der Waals surface area contributed by atoms with Gasteiger partial charge in [-0.3, -0.25) is 14.3 Å². The lowest BCUT2D eigenvalue weighted by atomic mass is 10.2. The molecule has 1 aromatic carbocycles. The number of rotatable bonds is 10. The van der Waals surface area contributed by atoms with Gasteiger partial charge < -0.3 is 19.8 Å². The van der Waals surface area contributed by atoms with E-state index < -0.39 is 11.2 Å². The van der Waals surface area contributed by atoms with Crippen molar-refractivity contribution in [2.24, 2.45) is 0 Å². The number of nitrogen functional groups attached to an aromatic ring is 1. The van der Waals surface area contributed by atoms with Gasteiger partial charge in [-0.2, -0.15) is 0 Å². The van der Waals surface area contributed by atoms with Gasteiger partial charge in [0.15, 0.2) is 5.76 Å². The number of hydrogen-bond acceptors (Lipinski definition) is 7. The van der Waals surface area contributed by atoms with Gasteiger partial charge in [-0.05, 0) is 6.42 Å². The minimum absolute atomic E-state index is 0.128. The first-order chi connectivity index (χ1) is 14.5. The van der Waals surface area contributed by atoms with Crippen LogP contribution in [0.3, 0.4) is 0 Å². The second-order valence-electron chi connectivity index (χ2n) is 6.90. The quantitative estimate of drug-likeness (QED) is 0.523. The number of methoxy groups -OCH3 is 1. The van der Waals surface area contributed by atoms with E-state index in [0.29, 0.717) is 31.3 Å². The Labute approximate surface area is 174 Å². The van der Waals surface area contributed by atoms with Gasteiger partial charge >= 0.3 is 5.69 Å². The van der Waals surface area contributed by atoms with Gasteiger partial charge in [-0.15, -0.1) is 0 Å². The molecule has 160 valence electrons. The third-order valence-corrected chi connectivity index (χ3v) is 4.77. The van der Waals surface area contributed by atoms with Crippen LogP contribution in [0.5, 0.6) is 0 Å². The van der Waals surface area contributed by atoms with Crippen molar-refractivity contribution in [3.05, 3.63) is 63.3 Å². The van der Waals surface area contributed by atoms with Crippen LogP contribution in [0.4, 0.5) is 11.5 Å². The molecule has 0 aliphatic carbocycles. The van der Waals surface area contributed by atoms with Gasteiger partial charge in [-0.1, -0.05) is 43.7 Å². The summed E-state index contributed by atoms with van der Waals surface area (Å²) in [7, 11) is 1.58. The first kappa shape index (κ1) is 21.4. The van der Waals surface area contributed by atoms with E-state index in [9.17, 15) is 9.59 Å². The Morgan fingerprint density at radius 2 is 2.03 bits per heavy atom. The Balaban J connectivity index is 1.94. The third kappa shape index (κ3) is 4.80. The molecule has 3 rings (SSSR count). The molecule has 0 amide bonds. The molecule has 0 atom stereocenters. The maximum absolute atomic E-state index is 12.6. The molecule has 0 saturated heterocycles. The van der Waals surface area contributed by atoms with E-state index in [4.69, 9.17) is 14.9 Å². The molecule has 0 spiro atoms. The zero-order valence-corrected chi connectivity index (χ0v) is 17.3. The van der Waals surface area contributed by atoms with E-state index in [0.717, 1.165) is 18.4 Å². The van der Waals surface area contributed by atoms with Gasteiger partial charge in [0, 0.05) is 25.8 Å². The molecule has 2 heterocycles. The van der Waals surface area contributed by atoms with Crippen LogP contribution in [0.25, 0.3) is 11.3 Å². The highest BCUT2D eigenvalue weighted by molar-refractivity contribution is 5.62. The molecule has 3 aromatic rings. The van der Waals surface area contributed by atoms with Crippen molar-refractivity contribution in [2.45, 2.75) is 32.9 Å². The molecule has 0 fully saturated rings. The number of nitrogens with zero attached hydrogens (tertiary/aromatic N) is 3. The Morgan fingerprint density at radius 3 is 2.73 bits per heavy atom. The molecule has 2 aromatic heterocycles. The monoisotopic (exact) mass is 413 g/mol. The van der Waals surface area contributed by atoms with Crippen molar-refractivity contribution in [1.29, 1.82) is 0 Å². The average molecular weight is 413 g/mol. The van der Waals surface area contributed by atoms with Crippen LogP contribution in [0.1, 0.15) is 25.7 Å². The van der Waals surface area contributed by atoms with E-state index in [2.05, 4.69) is 9.97 Å². The summed E-state index contributed by atoms with van der Waals surface area (Å²) in [5, 5.41) is 0. The number of aromatic nitrogens is 3. The van der Waals surface area contributed by atoms with Crippen LogP contribution in [0, 0.1) is 0 Å². The van der Waals surface area contributed by atoms with E-state index >= 15 is 0 Å². The number of unbranched alkanes of at least 4 members (excludes halogenated alkanes) is 1. The van der Waals surface area contributed by atoms with E-state index in [1.54, 1.807) is 18.2 Å². The van der Waals surface area contributed by atoms with Crippen molar-refractivity contribution >= 4 is 11.5 Å². The van der Waals surface area contributed by atoms with Crippen LogP contribution < -0.4 is 21.9 Å². The number of benzene rings is 1. The molecule has 9 nitrogen and oxygen atoms in total. The zero-order valence-electron chi connectivity index (χ0n) is 17.3. The van der Waals surface area contributed by atoms with Crippen LogP contribution in [-0.2, 0) is 17.8 Å². The minimum Gasteiger partial charge on any atom is -0.439 e. The highest BCUT2D eigenvalue weighted by Crippen LogP contribution is 2.23. The van der Waals surface area contributed by atoms with Crippen molar-refractivity contribution < 1.29 is 9.15 Å². The molecule has 9 heteroatoms. The molecular formula is C21H27N5O4. The van der Waals surface area contributed by atoms with E-state index in [1.165, 1.54) is 4.57 Å². The second kappa shape index (κ2) is 9.93. The summed E-state index contributed by atoms with van der Waals surface area (Å²) in [6.07, 6.45) is 3.31. The minimum atomic E-state index is -0.545. The van der Waals surface area contributed by atoms with Crippen LogP contribution in [0.15, 0.2) is 50.5 Å². The number of nitrogens with one attached hydrogen (secondary N) is 1. The lowest BCUT2D eigenvalue weighted by Crippen LogP contribution is -2.39. The zero-order chi connectivity index (χ0) is 21.5. The average Bonchev–Trinajstić information content (AvgIpc) is 3.20. The first-order valence-electron chi connectivity index (χ1n) is 9.91. The molecule has 0 aliphatic heterocycles. The van der Waals surface area contributed by atoms with Crippen LogP contribution in [0.2, 0.25) is 0 Å². The number of oxazole rings is 1. The fraction of sp³-hybridized carbons (Fsp3) is 0.381. The lowest BCUT2D eigenvalue weighted by molar-refractivity contribution is 0.204. The highest BCUT2D eigenvalue weighted by Gasteiger charge is 2.21. The first-order valence-corrected chi connectivity index (χ1v) is 9.91. The predicted octanol–water partition coefficient (Wildman–Crippen LogP) is 2.23. The van der Waals surface area contributed by atoms with E-state index in [-0.39, 0.29) is 18.1 Å². The van der Waals surface area contributed by atoms with Crippen LogP contribution in [-0.4, -0.2) is 34.8 Å². The molecule has 30 heavy (non-hydrogen) atoms. The Bertz CT molecular complexity index is 1070. The number of aromatic amines is 1. The van der Waals surface area contributed by atoms with Crippen molar-refractivity contribution in [3.8, 4) is 11.3 Å². The Hall–Kier alpha value is -3.33. The molecular weight excluding hydrogens is 386 g/mol. The van der Waals surface area contributed by atoms with Gasteiger partial charge in [-0.25, -0.2) is 9.78 Å². The summed E-state index contributed by atoms with van der Waals surface area (Å²) < 4.78 is 12.5.